The molecule has 27 heavy (non-hydrogen) atoms. The summed E-state index contributed by atoms with van der Waals surface area (Å²) in [6.07, 6.45) is 2.47. The molecule has 3 N–H and O–H groups in total. The minimum Gasteiger partial charge on any atom is -0.481 e. The average Bonchev–Trinajstić information content (AvgIpc) is 3.11. The maximum atomic E-state index is 12.8. The first-order valence-corrected chi connectivity index (χ1v) is 8.59. The van der Waals surface area contributed by atoms with Crippen molar-refractivity contribution in [3.8, 4) is 17.1 Å². The number of benzene rings is 1. The van der Waals surface area contributed by atoms with Crippen molar-refractivity contribution >= 4 is 11.9 Å². The van der Waals surface area contributed by atoms with Gasteiger partial charge in [-0.1, -0.05) is 19.1 Å². The molecule has 0 saturated heterocycles. The van der Waals surface area contributed by atoms with Crippen LogP contribution < -0.4 is 15.8 Å². The Morgan fingerprint density at radius 2 is 2.11 bits per heavy atom. The van der Waals surface area contributed by atoms with Crippen molar-refractivity contribution in [1.29, 1.82) is 0 Å². The van der Waals surface area contributed by atoms with Crippen molar-refractivity contribution in [2.24, 2.45) is 7.05 Å². The van der Waals surface area contributed by atoms with Gasteiger partial charge in [0.15, 0.2) is 0 Å². The molecule has 1 atom stereocenters. The fraction of sp³-hybridized carbons (Fsp3) is 0.263. The molecule has 0 radical (unpaired) electrons. The Labute approximate surface area is 157 Å². The Kier molecular flexibility index (Phi) is 5.35. The zero-order valence-corrected chi connectivity index (χ0v) is 15.5. The SMILES string of the molecule is CCC(NC(=O)c1cccc(-c2cc(OC)nc(N)n2)c1)c1ccnn1C. The van der Waals surface area contributed by atoms with Crippen LogP contribution in [0, 0.1) is 0 Å². The molecule has 140 valence electrons. The van der Waals surface area contributed by atoms with E-state index < -0.39 is 0 Å². The average molecular weight is 366 g/mol. The molecule has 0 fully saturated rings. The number of amides is 1. The number of anilines is 1. The molecule has 1 aromatic carbocycles. The standard InChI is InChI=1S/C19H22N6O2/c1-4-14(16-8-9-21-25(16)2)22-18(26)13-7-5-6-12(10-13)15-11-17(27-3)24-19(20)23-15/h5-11,14H,4H2,1-3H3,(H,22,26)(H2,20,23,24). The van der Waals surface area contributed by atoms with Crippen LogP contribution in [0.25, 0.3) is 11.3 Å². The molecule has 0 bridgehead atoms. The summed E-state index contributed by atoms with van der Waals surface area (Å²) in [6.45, 7) is 2.02. The minimum absolute atomic E-state index is 0.112. The van der Waals surface area contributed by atoms with Crippen molar-refractivity contribution in [2.45, 2.75) is 19.4 Å². The van der Waals surface area contributed by atoms with E-state index in [0.29, 0.717) is 17.1 Å². The summed E-state index contributed by atoms with van der Waals surface area (Å²) < 4.78 is 6.90. The minimum atomic E-state index is -0.168. The third kappa shape index (κ3) is 4.05. The fourth-order valence-corrected chi connectivity index (χ4v) is 2.87. The summed E-state index contributed by atoms with van der Waals surface area (Å²) >= 11 is 0. The number of nitrogens with two attached hydrogens (primary N) is 1. The zero-order chi connectivity index (χ0) is 19.4. The zero-order valence-electron chi connectivity index (χ0n) is 15.5. The van der Waals surface area contributed by atoms with E-state index in [2.05, 4.69) is 20.4 Å². The smallest absolute Gasteiger partial charge is 0.251 e. The quantitative estimate of drug-likeness (QED) is 0.693. The molecule has 1 amide bonds. The monoisotopic (exact) mass is 366 g/mol. The van der Waals surface area contributed by atoms with E-state index in [-0.39, 0.29) is 17.9 Å². The lowest BCUT2D eigenvalue weighted by atomic mass is 10.1. The Morgan fingerprint density at radius 1 is 1.30 bits per heavy atom. The van der Waals surface area contributed by atoms with Gasteiger partial charge in [0.1, 0.15) is 0 Å². The summed E-state index contributed by atoms with van der Waals surface area (Å²) in [6, 6.07) is 10.7. The van der Waals surface area contributed by atoms with Crippen LogP contribution >= 0.6 is 0 Å². The summed E-state index contributed by atoms with van der Waals surface area (Å²) in [5.74, 6) is 0.315. The lowest BCUT2D eigenvalue weighted by Crippen LogP contribution is -2.29. The normalized spacial score (nSPS) is 11.8. The molecule has 0 aliphatic carbocycles. The molecule has 0 spiro atoms. The molecular weight excluding hydrogens is 344 g/mol. The Balaban J connectivity index is 1.86. The van der Waals surface area contributed by atoms with Crippen molar-refractivity contribution < 1.29 is 9.53 Å². The van der Waals surface area contributed by atoms with E-state index in [9.17, 15) is 4.79 Å². The van der Waals surface area contributed by atoms with Crippen LogP contribution in [0.15, 0.2) is 42.6 Å². The number of aromatic nitrogens is 4. The van der Waals surface area contributed by atoms with Gasteiger partial charge >= 0.3 is 0 Å². The van der Waals surface area contributed by atoms with E-state index >= 15 is 0 Å². The molecule has 8 heteroatoms. The molecule has 1 unspecified atom stereocenters. The number of aryl methyl sites for hydroxylation is 1. The second-order valence-corrected chi connectivity index (χ2v) is 6.05. The summed E-state index contributed by atoms with van der Waals surface area (Å²) in [4.78, 5) is 21.0. The number of nitrogen functional groups attached to an aromatic ring is 1. The van der Waals surface area contributed by atoms with Gasteiger partial charge in [0, 0.05) is 30.4 Å². The van der Waals surface area contributed by atoms with Gasteiger partial charge in [-0.15, -0.1) is 0 Å². The summed E-state index contributed by atoms with van der Waals surface area (Å²) in [5, 5.41) is 7.23. The highest BCUT2D eigenvalue weighted by molar-refractivity contribution is 5.95. The summed E-state index contributed by atoms with van der Waals surface area (Å²) in [7, 11) is 3.37. The van der Waals surface area contributed by atoms with E-state index in [1.165, 1.54) is 7.11 Å². The van der Waals surface area contributed by atoms with E-state index in [1.807, 2.05) is 26.1 Å². The number of hydrogen-bond acceptors (Lipinski definition) is 6. The van der Waals surface area contributed by atoms with Gasteiger partial charge in [0.05, 0.1) is 24.5 Å². The molecule has 8 nitrogen and oxygen atoms in total. The number of nitrogens with one attached hydrogen (secondary N) is 1. The van der Waals surface area contributed by atoms with Gasteiger partial charge in [-0.3, -0.25) is 9.48 Å². The predicted octanol–water partition coefficient (Wildman–Crippen LogP) is 2.35. The third-order valence-electron chi connectivity index (χ3n) is 4.28. The van der Waals surface area contributed by atoms with Gasteiger partial charge < -0.3 is 15.8 Å². The predicted molar refractivity (Wildman–Crippen MR) is 102 cm³/mol. The van der Waals surface area contributed by atoms with Crippen LogP contribution in [0.3, 0.4) is 0 Å². The second-order valence-electron chi connectivity index (χ2n) is 6.05. The van der Waals surface area contributed by atoms with Crippen LogP contribution in [0.2, 0.25) is 0 Å². The number of rotatable bonds is 6. The van der Waals surface area contributed by atoms with E-state index in [0.717, 1.165) is 17.7 Å². The Hall–Kier alpha value is -3.42. The number of methoxy groups -OCH3 is 1. The highest BCUT2D eigenvalue weighted by atomic mass is 16.5. The van der Waals surface area contributed by atoms with Gasteiger partial charge in [-0.25, -0.2) is 4.98 Å². The maximum Gasteiger partial charge on any atom is 0.251 e. The number of ether oxygens (including phenoxy) is 1. The first-order chi connectivity index (χ1) is 13.0. The highest BCUT2D eigenvalue weighted by Crippen LogP contribution is 2.23. The highest BCUT2D eigenvalue weighted by Gasteiger charge is 2.17. The number of hydrogen-bond donors (Lipinski definition) is 2. The molecule has 0 saturated carbocycles. The molecule has 0 aliphatic heterocycles. The van der Waals surface area contributed by atoms with Gasteiger partial charge in [-0.05, 0) is 24.6 Å². The first-order valence-electron chi connectivity index (χ1n) is 8.59. The van der Waals surface area contributed by atoms with Gasteiger partial charge in [-0.2, -0.15) is 10.1 Å². The van der Waals surface area contributed by atoms with Crippen molar-refractivity contribution in [1.82, 2.24) is 25.1 Å². The Bertz CT molecular complexity index is 953. The van der Waals surface area contributed by atoms with Crippen LogP contribution in [0.5, 0.6) is 5.88 Å². The first kappa shape index (κ1) is 18.4. The second kappa shape index (κ2) is 7.86. The van der Waals surface area contributed by atoms with Crippen LogP contribution in [-0.2, 0) is 7.05 Å². The fourth-order valence-electron chi connectivity index (χ4n) is 2.87. The number of carbonyl (C=O) groups is 1. The Morgan fingerprint density at radius 3 is 2.78 bits per heavy atom. The van der Waals surface area contributed by atoms with Crippen molar-refractivity contribution in [2.75, 3.05) is 12.8 Å². The van der Waals surface area contributed by atoms with Crippen LogP contribution in [-0.4, -0.2) is 32.8 Å². The summed E-state index contributed by atoms with van der Waals surface area (Å²) in [5.41, 5.74) is 8.56. The van der Waals surface area contributed by atoms with Crippen LogP contribution in [0.4, 0.5) is 5.95 Å². The molecule has 2 aromatic heterocycles. The molecule has 3 rings (SSSR count). The molecule has 0 aliphatic rings. The van der Waals surface area contributed by atoms with Gasteiger partial charge in [0.2, 0.25) is 11.8 Å². The van der Waals surface area contributed by atoms with Crippen LogP contribution in [0.1, 0.15) is 35.4 Å². The lowest BCUT2D eigenvalue weighted by molar-refractivity contribution is 0.0934. The molecule has 2 heterocycles. The van der Waals surface area contributed by atoms with Crippen molar-refractivity contribution in [3.63, 3.8) is 0 Å². The van der Waals surface area contributed by atoms with E-state index in [4.69, 9.17) is 10.5 Å². The molecular formula is C19H22N6O2. The van der Waals surface area contributed by atoms with Gasteiger partial charge in [0.25, 0.3) is 5.91 Å². The lowest BCUT2D eigenvalue weighted by Gasteiger charge is -2.17. The van der Waals surface area contributed by atoms with Crippen molar-refractivity contribution in [3.05, 3.63) is 53.9 Å². The largest absolute Gasteiger partial charge is 0.481 e. The third-order valence-corrected chi connectivity index (χ3v) is 4.28. The number of carbonyl (C=O) groups excluding carboxylic acids is 1. The maximum absolute atomic E-state index is 12.8. The van der Waals surface area contributed by atoms with E-state index in [1.54, 1.807) is 35.1 Å². The topological polar surface area (TPSA) is 108 Å². The number of nitrogens with zero attached hydrogens (tertiary/aromatic N) is 4. The molecule has 3 aromatic rings.